The molecule has 0 saturated heterocycles. The van der Waals surface area contributed by atoms with E-state index in [2.05, 4.69) is 33.0 Å². The van der Waals surface area contributed by atoms with Crippen LogP contribution in [0.25, 0.3) is 0 Å². The fourth-order valence-corrected chi connectivity index (χ4v) is 1.32. The van der Waals surface area contributed by atoms with Gasteiger partial charge in [-0.05, 0) is 19.0 Å². The molecule has 4 heteroatoms. The Hall–Kier alpha value is -0.100. The number of halogens is 1. The molecule has 0 radical (unpaired) electrons. The normalized spacial score (nSPS) is 10.4. The van der Waals surface area contributed by atoms with Gasteiger partial charge in [-0.1, -0.05) is 22.6 Å². The summed E-state index contributed by atoms with van der Waals surface area (Å²) in [7, 11) is 0. The molecular weight excluding hydrogens is 265 g/mol. The minimum atomic E-state index is 0.967. The summed E-state index contributed by atoms with van der Waals surface area (Å²) >= 11 is 2.39. The van der Waals surface area contributed by atoms with Crippen LogP contribution in [0, 0.1) is 0 Å². The smallest absolute Gasteiger partial charge is 0.0533 e. The zero-order valence-electron chi connectivity index (χ0n) is 7.04. The van der Waals surface area contributed by atoms with E-state index in [-0.39, 0.29) is 0 Å². The molecule has 68 valence electrons. The van der Waals surface area contributed by atoms with E-state index in [9.17, 15) is 0 Å². The lowest BCUT2D eigenvalue weighted by Crippen LogP contribution is -2.21. The van der Waals surface area contributed by atoms with Crippen LogP contribution < -0.4 is 5.32 Å². The van der Waals surface area contributed by atoms with Crippen molar-refractivity contribution >= 4 is 22.6 Å². The van der Waals surface area contributed by atoms with E-state index in [1.807, 2.05) is 23.1 Å². The molecule has 0 spiro atoms. The van der Waals surface area contributed by atoms with Crippen molar-refractivity contribution in [1.29, 1.82) is 0 Å². The molecule has 12 heavy (non-hydrogen) atoms. The van der Waals surface area contributed by atoms with Crippen LogP contribution in [0.3, 0.4) is 0 Å². The largest absolute Gasteiger partial charge is 0.315 e. The van der Waals surface area contributed by atoms with Crippen molar-refractivity contribution in [3.05, 3.63) is 18.5 Å². The molecule has 1 N–H and O–H groups in total. The number of nitrogens with one attached hydrogen (secondary N) is 1. The summed E-state index contributed by atoms with van der Waals surface area (Å²) in [5.41, 5.74) is 0. The van der Waals surface area contributed by atoms with E-state index in [1.165, 1.54) is 10.8 Å². The molecule has 0 aliphatic rings. The Morgan fingerprint density at radius 3 is 3.00 bits per heavy atom. The minimum absolute atomic E-state index is 0.967. The third-order valence-electron chi connectivity index (χ3n) is 1.56. The second-order valence-corrected chi connectivity index (χ2v) is 3.64. The van der Waals surface area contributed by atoms with Gasteiger partial charge in [-0.2, -0.15) is 5.10 Å². The van der Waals surface area contributed by atoms with Gasteiger partial charge in [-0.25, -0.2) is 0 Å². The zero-order chi connectivity index (χ0) is 8.65. The van der Waals surface area contributed by atoms with Gasteiger partial charge in [0.15, 0.2) is 0 Å². The minimum Gasteiger partial charge on any atom is -0.315 e. The van der Waals surface area contributed by atoms with Gasteiger partial charge in [-0.3, -0.25) is 4.68 Å². The maximum absolute atomic E-state index is 4.11. The van der Waals surface area contributed by atoms with Crippen LogP contribution in [0.5, 0.6) is 0 Å². The first-order chi connectivity index (χ1) is 5.93. The van der Waals surface area contributed by atoms with Crippen molar-refractivity contribution in [2.75, 3.05) is 17.5 Å². The van der Waals surface area contributed by atoms with E-state index in [4.69, 9.17) is 0 Å². The molecule has 3 nitrogen and oxygen atoms in total. The summed E-state index contributed by atoms with van der Waals surface area (Å²) in [6.07, 6.45) is 5.05. The highest BCUT2D eigenvalue weighted by atomic mass is 127. The van der Waals surface area contributed by atoms with E-state index in [0.717, 1.165) is 19.6 Å². The van der Waals surface area contributed by atoms with Gasteiger partial charge in [-0.15, -0.1) is 0 Å². The Morgan fingerprint density at radius 2 is 2.33 bits per heavy atom. The van der Waals surface area contributed by atoms with E-state index < -0.39 is 0 Å². The van der Waals surface area contributed by atoms with Crippen molar-refractivity contribution in [2.24, 2.45) is 0 Å². The molecule has 1 rings (SSSR count). The van der Waals surface area contributed by atoms with Crippen LogP contribution in [-0.4, -0.2) is 27.3 Å². The van der Waals surface area contributed by atoms with Crippen LogP contribution in [0.2, 0.25) is 0 Å². The number of hydrogen-bond acceptors (Lipinski definition) is 2. The van der Waals surface area contributed by atoms with Crippen LogP contribution in [0.4, 0.5) is 0 Å². The maximum atomic E-state index is 4.11. The van der Waals surface area contributed by atoms with Gasteiger partial charge >= 0.3 is 0 Å². The molecule has 0 unspecified atom stereocenters. The highest BCUT2D eigenvalue weighted by Crippen LogP contribution is 1.86. The van der Waals surface area contributed by atoms with E-state index >= 15 is 0 Å². The molecule has 1 aromatic heterocycles. The van der Waals surface area contributed by atoms with Crippen LogP contribution >= 0.6 is 22.6 Å². The molecule has 1 heterocycles. The molecule has 0 atom stereocenters. The summed E-state index contributed by atoms with van der Waals surface area (Å²) in [4.78, 5) is 0. The molecule has 0 amide bonds. The highest BCUT2D eigenvalue weighted by molar-refractivity contribution is 14.1. The third kappa shape index (κ3) is 4.06. The average Bonchev–Trinajstić information content (AvgIpc) is 2.57. The Morgan fingerprint density at radius 1 is 1.42 bits per heavy atom. The molecule has 0 saturated carbocycles. The summed E-state index contributed by atoms with van der Waals surface area (Å²) < 4.78 is 3.17. The van der Waals surface area contributed by atoms with Gasteiger partial charge in [0.1, 0.15) is 0 Å². The lowest BCUT2D eigenvalue weighted by molar-refractivity contribution is 0.555. The summed E-state index contributed by atoms with van der Waals surface area (Å²) in [5, 5.41) is 7.47. The number of nitrogens with zero attached hydrogens (tertiary/aromatic N) is 2. The Balaban J connectivity index is 1.96. The molecular formula is C8H14IN3. The van der Waals surface area contributed by atoms with Crippen LogP contribution in [0.15, 0.2) is 18.5 Å². The monoisotopic (exact) mass is 279 g/mol. The van der Waals surface area contributed by atoms with Crippen molar-refractivity contribution in [2.45, 2.75) is 13.0 Å². The lowest BCUT2D eigenvalue weighted by atomic mass is 10.5. The Labute approximate surface area is 86.7 Å². The van der Waals surface area contributed by atoms with E-state index in [0.29, 0.717) is 0 Å². The van der Waals surface area contributed by atoms with Gasteiger partial charge < -0.3 is 5.32 Å². The van der Waals surface area contributed by atoms with Gasteiger partial charge in [0.25, 0.3) is 0 Å². The zero-order valence-corrected chi connectivity index (χ0v) is 9.20. The number of alkyl halides is 1. The average molecular weight is 279 g/mol. The fraction of sp³-hybridized carbons (Fsp3) is 0.625. The number of rotatable bonds is 6. The van der Waals surface area contributed by atoms with Crippen molar-refractivity contribution in [1.82, 2.24) is 15.1 Å². The predicted molar refractivity (Wildman–Crippen MR) is 58.6 cm³/mol. The molecule has 0 aromatic carbocycles. The summed E-state index contributed by atoms with van der Waals surface area (Å²) in [6, 6.07) is 1.95. The maximum Gasteiger partial charge on any atom is 0.0533 e. The molecule has 1 aromatic rings. The van der Waals surface area contributed by atoms with Gasteiger partial charge in [0.05, 0.1) is 6.54 Å². The fourth-order valence-electron chi connectivity index (χ4n) is 0.943. The van der Waals surface area contributed by atoms with E-state index in [1.54, 1.807) is 0 Å². The quantitative estimate of drug-likeness (QED) is 0.483. The second kappa shape index (κ2) is 6.42. The molecule has 0 fully saturated rings. The van der Waals surface area contributed by atoms with Crippen molar-refractivity contribution in [3.8, 4) is 0 Å². The van der Waals surface area contributed by atoms with Gasteiger partial charge in [0, 0.05) is 23.4 Å². The molecule has 0 aliphatic heterocycles. The first-order valence-electron chi connectivity index (χ1n) is 4.17. The third-order valence-corrected chi connectivity index (χ3v) is 2.33. The number of hydrogen-bond donors (Lipinski definition) is 1. The first kappa shape index (κ1) is 9.98. The Kier molecular flexibility index (Phi) is 5.34. The first-order valence-corrected chi connectivity index (χ1v) is 5.70. The van der Waals surface area contributed by atoms with Crippen LogP contribution in [0.1, 0.15) is 6.42 Å². The van der Waals surface area contributed by atoms with Crippen molar-refractivity contribution in [3.63, 3.8) is 0 Å². The highest BCUT2D eigenvalue weighted by Gasteiger charge is 1.89. The summed E-state index contributed by atoms with van der Waals surface area (Å²) in [5.74, 6) is 0. The van der Waals surface area contributed by atoms with Gasteiger partial charge in [0.2, 0.25) is 0 Å². The predicted octanol–water partition coefficient (Wildman–Crippen LogP) is 1.30. The topological polar surface area (TPSA) is 29.9 Å². The molecule has 0 aliphatic carbocycles. The summed E-state index contributed by atoms with van der Waals surface area (Å²) in [6.45, 7) is 3.09. The van der Waals surface area contributed by atoms with Crippen LogP contribution in [-0.2, 0) is 6.54 Å². The SMILES string of the molecule is ICCCNCCn1cccn1. The van der Waals surface area contributed by atoms with Crippen molar-refractivity contribution < 1.29 is 0 Å². The molecule has 0 bridgehead atoms. The second-order valence-electron chi connectivity index (χ2n) is 2.56. The lowest BCUT2D eigenvalue weighted by Gasteiger charge is -2.02. The number of aromatic nitrogens is 2. The Bertz CT molecular complexity index is 186. The standard InChI is InChI=1S/C8H14IN3/c9-3-1-4-10-6-8-12-7-2-5-11-12/h2,5,7,10H,1,3-4,6,8H2.